The number of rotatable bonds is 5. The molecular formula is C14H20N2O3. The number of anilines is 1. The van der Waals surface area contributed by atoms with Crippen LogP contribution in [0.2, 0.25) is 0 Å². The zero-order chi connectivity index (χ0) is 14.6. The molecule has 1 aromatic carbocycles. The van der Waals surface area contributed by atoms with Crippen LogP contribution in [0.4, 0.5) is 5.69 Å². The lowest BCUT2D eigenvalue weighted by atomic mass is 10.0. The van der Waals surface area contributed by atoms with Gasteiger partial charge in [0, 0.05) is 17.8 Å². The SMILES string of the molecule is Cc1c(N)cccc1C(=O)N(CC(=O)O)CC(C)C. The summed E-state index contributed by atoms with van der Waals surface area (Å²) in [5, 5.41) is 8.90. The van der Waals surface area contributed by atoms with E-state index >= 15 is 0 Å². The molecule has 0 aromatic heterocycles. The number of carboxylic acids is 1. The van der Waals surface area contributed by atoms with E-state index in [0.29, 0.717) is 23.4 Å². The molecule has 0 fully saturated rings. The minimum Gasteiger partial charge on any atom is -0.480 e. The number of nitrogens with zero attached hydrogens (tertiary/aromatic N) is 1. The number of carbonyl (C=O) groups excluding carboxylic acids is 1. The van der Waals surface area contributed by atoms with E-state index in [1.165, 1.54) is 4.90 Å². The molecule has 0 spiro atoms. The first kappa shape index (κ1) is 15.0. The fourth-order valence-corrected chi connectivity index (χ4v) is 1.88. The molecule has 0 unspecified atom stereocenters. The first-order valence-electron chi connectivity index (χ1n) is 6.19. The van der Waals surface area contributed by atoms with Crippen molar-refractivity contribution in [2.24, 2.45) is 5.92 Å². The number of nitrogens with two attached hydrogens (primary N) is 1. The summed E-state index contributed by atoms with van der Waals surface area (Å²) in [6, 6.07) is 5.09. The van der Waals surface area contributed by atoms with E-state index in [2.05, 4.69) is 0 Å². The number of benzene rings is 1. The molecule has 104 valence electrons. The van der Waals surface area contributed by atoms with E-state index in [4.69, 9.17) is 10.8 Å². The van der Waals surface area contributed by atoms with E-state index < -0.39 is 5.97 Å². The predicted octanol–water partition coefficient (Wildman–Crippen LogP) is 1.76. The van der Waals surface area contributed by atoms with Crippen molar-refractivity contribution in [3.8, 4) is 0 Å². The molecule has 1 rings (SSSR count). The average molecular weight is 264 g/mol. The monoisotopic (exact) mass is 264 g/mol. The van der Waals surface area contributed by atoms with Gasteiger partial charge in [0.2, 0.25) is 0 Å². The van der Waals surface area contributed by atoms with Crippen LogP contribution in [0.3, 0.4) is 0 Å². The Morgan fingerprint density at radius 3 is 2.53 bits per heavy atom. The molecule has 0 saturated carbocycles. The number of hydrogen-bond donors (Lipinski definition) is 2. The summed E-state index contributed by atoms with van der Waals surface area (Å²) in [6.07, 6.45) is 0. The van der Waals surface area contributed by atoms with E-state index in [0.717, 1.165) is 0 Å². The fourth-order valence-electron chi connectivity index (χ4n) is 1.88. The second-order valence-electron chi connectivity index (χ2n) is 4.99. The third-order valence-electron chi connectivity index (χ3n) is 2.80. The Labute approximate surface area is 113 Å². The predicted molar refractivity (Wildman–Crippen MR) is 74.0 cm³/mol. The van der Waals surface area contributed by atoms with Gasteiger partial charge in [0.1, 0.15) is 6.54 Å². The van der Waals surface area contributed by atoms with Crippen molar-refractivity contribution < 1.29 is 14.7 Å². The van der Waals surface area contributed by atoms with Gasteiger partial charge in [-0.1, -0.05) is 19.9 Å². The molecule has 1 aromatic rings. The number of amides is 1. The molecule has 0 bridgehead atoms. The van der Waals surface area contributed by atoms with Crippen molar-refractivity contribution >= 4 is 17.6 Å². The van der Waals surface area contributed by atoms with E-state index in [-0.39, 0.29) is 18.4 Å². The van der Waals surface area contributed by atoms with Crippen molar-refractivity contribution in [3.63, 3.8) is 0 Å². The number of carbonyl (C=O) groups is 2. The quantitative estimate of drug-likeness (QED) is 0.794. The maximum Gasteiger partial charge on any atom is 0.323 e. The molecule has 0 radical (unpaired) electrons. The first-order chi connectivity index (χ1) is 8.82. The Balaban J connectivity index is 3.04. The van der Waals surface area contributed by atoms with Gasteiger partial charge in [0.25, 0.3) is 5.91 Å². The number of nitrogen functional groups attached to an aromatic ring is 1. The molecule has 5 nitrogen and oxygen atoms in total. The number of hydrogen-bond acceptors (Lipinski definition) is 3. The molecule has 3 N–H and O–H groups in total. The Bertz CT molecular complexity index is 484. The molecule has 19 heavy (non-hydrogen) atoms. The third kappa shape index (κ3) is 3.98. The number of aliphatic carboxylic acids is 1. The molecule has 0 heterocycles. The van der Waals surface area contributed by atoms with Crippen LogP contribution >= 0.6 is 0 Å². The fraction of sp³-hybridized carbons (Fsp3) is 0.429. The van der Waals surface area contributed by atoms with Gasteiger partial charge in [0.15, 0.2) is 0 Å². The molecule has 0 saturated heterocycles. The standard InChI is InChI=1S/C14H20N2O3/c1-9(2)7-16(8-13(17)18)14(19)11-5-4-6-12(15)10(11)3/h4-6,9H,7-8,15H2,1-3H3,(H,17,18). The van der Waals surface area contributed by atoms with Gasteiger partial charge in [-0.2, -0.15) is 0 Å². The summed E-state index contributed by atoms with van der Waals surface area (Å²) in [7, 11) is 0. The summed E-state index contributed by atoms with van der Waals surface area (Å²) >= 11 is 0. The van der Waals surface area contributed by atoms with Crippen LogP contribution in [0, 0.1) is 12.8 Å². The van der Waals surface area contributed by atoms with E-state index in [9.17, 15) is 9.59 Å². The highest BCUT2D eigenvalue weighted by atomic mass is 16.4. The van der Waals surface area contributed by atoms with Crippen molar-refractivity contribution in [1.82, 2.24) is 4.90 Å². The Hall–Kier alpha value is -2.04. The zero-order valence-corrected chi connectivity index (χ0v) is 11.5. The lowest BCUT2D eigenvalue weighted by molar-refractivity contribution is -0.137. The van der Waals surface area contributed by atoms with E-state index in [1.807, 2.05) is 13.8 Å². The van der Waals surface area contributed by atoms with Crippen LogP contribution in [-0.4, -0.2) is 35.0 Å². The molecular weight excluding hydrogens is 244 g/mol. The molecule has 0 atom stereocenters. The van der Waals surface area contributed by atoms with Crippen LogP contribution < -0.4 is 5.73 Å². The van der Waals surface area contributed by atoms with Crippen molar-refractivity contribution in [3.05, 3.63) is 29.3 Å². The molecule has 0 aliphatic heterocycles. The van der Waals surface area contributed by atoms with Crippen molar-refractivity contribution in [2.75, 3.05) is 18.8 Å². The highest BCUT2D eigenvalue weighted by molar-refractivity contribution is 5.98. The lowest BCUT2D eigenvalue weighted by Gasteiger charge is -2.23. The number of carboxylic acid groups (broad SMARTS) is 1. The summed E-state index contributed by atoms with van der Waals surface area (Å²) in [6.45, 7) is 5.74. The summed E-state index contributed by atoms with van der Waals surface area (Å²) in [5.41, 5.74) is 7.45. The van der Waals surface area contributed by atoms with Crippen molar-refractivity contribution in [1.29, 1.82) is 0 Å². The maximum absolute atomic E-state index is 12.4. The van der Waals surface area contributed by atoms with Crippen LogP contribution in [-0.2, 0) is 4.79 Å². The molecule has 0 aliphatic rings. The van der Waals surface area contributed by atoms with Gasteiger partial charge in [-0.25, -0.2) is 0 Å². The second kappa shape index (κ2) is 6.22. The van der Waals surface area contributed by atoms with Gasteiger partial charge < -0.3 is 15.7 Å². The Morgan fingerprint density at radius 1 is 1.37 bits per heavy atom. The molecule has 0 aliphatic carbocycles. The summed E-state index contributed by atoms with van der Waals surface area (Å²) in [4.78, 5) is 24.6. The van der Waals surface area contributed by atoms with Crippen LogP contribution in [0.25, 0.3) is 0 Å². The average Bonchev–Trinajstić information content (AvgIpc) is 2.30. The van der Waals surface area contributed by atoms with Crippen LogP contribution in [0.15, 0.2) is 18.2 Å². The normalized spacial score (nSPS) is 10.5. The highest BCUT2D eigenvalue weighted by Gasteiger charge is 2.21. The topological polar surface area (TPSA) is 83.6 Å². The first-order valence-corrected chi connectivity index (χ1v) is 6.19. The lowest BCUT2D eigenvalue weighted by Crippen LogP contribution is -2.38. The van der Waals surface area contributed by atoms with E-state index in [1.54, 1.807) is 25.1 Å². The largest absolute Gasteiger partial charge is 0.480 e. The molecule has 5 heteroatoms. The van der Waals surface area contributed by atoms with Gasteiger partial charge in [-0.3, -0.25) is 9.59 Å². The van der Waals surface area contributed by atoms with Gasteiger partial charge >= 0.3 is 5.97 Å². The molecule has 1 amide bonds. The van der Waals surface area contributed by atoms with Gasteiger partial charge in [0.05, 0.1) is 0 Å². The second-order valence-corrected chi connectivity index (χ2v) is 4.99. The van der Waals surface area contributed by atoms with Crippen molar-refractivity contribution in [2.45, 2.75) is 20.8 Å². The van der Waals surface area contributed by atoms with Crippen LogP contribution in [0.5, 0.6) is 0 Å². The minimum absolute atomic E-state index is 0.199. The Kier molecular flexibility index (Phi) is 4.92. The van der Waals surface area contributed by atoms with Gasteiger partial charge in [-0.15, -0.1) is 0 Å². The minimum atomic E-state index is -1.02. The maximum atomic E-state index is 12.4. The summed E-state index contributed by atoms with van der Waals surface area (Å²) in [5.74, 6) is -1.11. The summed E-state index contributed by atoms with van der Waals surface area (Å²) < 4.78 is 0. The zero-order valence-electron chi connectivity index (χ0n) is 11.5. The Morgan fingerprint density at radius 2 is 2.00 bits per heavy atom. The third-order valence-corrected chi connectivity index (χ3v) is 2.80. The highest BCUT2D eigenvalue weighted by Crippen LogP contribution is 2.18. The smallest absolute Gasteiger partial charge is 0.323 e. The van der Waals surface area contributed by atoms with Crippen LogP contribution in [0.1, 0.15) is 29.8 Å². The van der Waals surface area contributed by atoms with Gasteiger partial charge in [-0.05, 0) is 30.5 Å².